The second-order valence-corrected chi connectivity index (χ2v) is 6.66. The summed E-state index contributed by atoms with van der Waals surface area (Å²) in [5, 5.41) is 10.6. The van der Waals surface area contributed by atoms with Crippen molar-refractivity contribution in [2.24, 2.45) is 0 Å². The quantitative estimate of drug-likeness (QED) is 0.439. The zero-order valence-electron chi connectivity index (χ0n) is 15.4. The van der Waals surface area contributed by atoms with Crippen LogP contribution in [-0.2, 0) is 0 Å². The fourth-order valence-corrected chi connectivity index (χ4v) is 4.25. The first kappa shape index (κ1) is 21.2. The van der Waals surface area contributed by atoms with Gasteiger partial charge in [0.25, 0.3) is 0 Å². The molecule has 0 spiro atoms. The summed E-state index contributed by atoms with van der Waals surface area (Å²) in [6.45, 7) is 8.95. The standard InChI is InChI=1S/C17H14N2S2.2C2H6/c18-13-16(21-15-9-5-2-6-10-15)17-19(11-12-20-17)14-7-3-1-4-8-14;2*1-2/h1-10H,11-12H2;2*1-2H3. The molecule has 132 valence electrons. The molecule has 0 N–H and O–H groups in total. The maximum atomic E-state index is 9.54. The lowest BCUT2D eigenvalue weighted by Crippen LogP contribution is -2.17. The predicted octanol–water partition coefficient (Wildman–Crippen LogP) is 6.78. The van der Waals surface area contributed by atoms with Crippen LogP contribution in [0.25, 0.3) is 0 Å². The van der Waals surface area contributed by atoms with Gasteiger partial charge in [-0.05, 0) is 24.3 Å². The van der Waals surface area contributed by atoms with Gasteiger partial charge in [-0.25, -0.2) is 0 Å². The van der Waals surface area contributed by atoms with Gasteiger partial charge in [-0.15, -0.1) is 11.8 Å². The number of nitrogens with zero attached hydrogens (tertiary/aromatic N) is 2. The van der Waals surface area contributed by atoms with Gasteiger partial charge < -0.3 is 4.90 Å². The van der Waals surface area contributed by atoms with E-state index >= 15 is 0 Å². The maximum absolute atomic E-state index is 9.54. The molecule has 1 aliphatic rings. The average Bonchev–Trinajstić information content (AvgIpc) is 3.20. The van der Waals surface area contributed by atoms with Gasteiger partial charge in [-0.1, -0.05) is 75.9 Å². The van der Waals surface area contributed by atoms with E-state index in [1.807, 2.05) is 76.2 Å². The van der Waals surface area contributed by atoms with Crippen molar-refractivity contribution in [3.63, 3.8) is 0 Å². The molecule has 1 fully saturated rings. The highest BCUT2D eigenvalue weighted by Crippen LogP contribution is 2.40. The van der Waals surface area contributed by atoms with E-state index in [-0.39, 0.29) is 0 Å². The molecule has 0 unspecified atom stereocenters. The van der Waals surface area contributed by atoms with Crippen LogP contribution >= 0.6 is 23.5 Å². The lowest BCUT2D eigenvalue weighted by Gasteiger charge is -2.20. The van der Waals surface area contributed by atoms with Crippen molar-refractivity contribution < 1.29 is 0 Å². The first-order valence-corrected chi connectivity index (χ1v) is 10.5. The summed E-state index contributed by atoms with van der Waals surface area (Å²) in [6.07, 6.45) is 0. The number of benzene rings is 2. The number of hydrogen-bond acceptors (Lipinski definition) is 4. The van der Waals surface area contributed by atoms with E-state index in [9.17, 15) is 5.26 Å². The highest BCUT2D eigenvalue weighted by Gasteiger charge is 2.23. The number of para-hydroxylation sites is 1. The van der Waals surface area contributed by atoms with Gasteiger partial charge in [-0.2, -0.15) is 5.26 Å². The van der Waals surface area contributed by atoms with Gasteiger partial charge in [0.1, 0.15) is 16.0 Å². The molecule has 1 saturated heterocycles. The molecule has 2 nitrogen and oxygen atoms in total. The summed E-state index contributed by atoms with van der Waals surface area (Å²) in [6, 6.07) is 22.7. The zero-order valence-corrected chi connectivity index (χ0v) is 17.0. The molecule has 1 heterocycles. The zero-order chi connectivity index (χ0) is 18.5. The average molecular weight is 371 g/mol. The number of rotatable bonds is 3. The Morgan fingerprint density at radius 2 is 1.52 bits per heavy atom. The Bertz CT molecular complexity index is 676. The fraction of sp³-hybridized carbons (Fsp3) is 0.286. The molecule has 1 aliphatic heterocycles. The van der Waals surface area contributed by atoms with Gasteiger partial charge >= 0.3 is 0 Å². The number of nitriles is 1. The lowest BCUT2D eigenvalue weighted by atomic mass is 10.3. The largest absolute Gasteiger partial charge is 0.334 e. The Morgan fingerprint density at radius 3 is 2.08 bits per heavy atom. The monoisotopic (exact) mass is 370 g/mol. The first-order chi connectivity index (χ1) is 12.4. The van der Waals surface area contributed by atoms with Crippen molar-refractivity contribution in [1.82, 2.24) is 0 Å². The molecule has 0 bridgehead atoms. The van der Waals surface area contributed by atoms with Crippen molar-refractivity contribution in [3.8, 4) is 6.07 Å². The minimum absolute atomic E-state index is 0.771. The van der Waals surface area contributed by atoms with Crippen molar-refractivity contribution in [2.75, 3.05) is 17.2 Å². The van der Waals surface area contributed by atoms with Crippen LogP contribution in [0.1, 0.15) is 27.7 Å². The summed E-state index contributed by atoms with van der Waals surface area (Å²) in [7, 11) is 0. The van der Waals surface area contributed by atoms with E-state index in [1.165, 1.54) is 0 Å². The Balaban J connectivity index is 0.000000730. The summed E-state index contributed by atoms with van der Waals surface area (Å²) in [5.41, 5.74) is 1.15. The molecule has 2 aromatic rings. The molecule has 0 aromatic heterocycles. The second-order valence-electron chi connectivity index (χ2n) is 4.50. The number of thioether (sulfide) groups is 2. The van der Waals surface area contributed by atoms with Crippen molar-refractivity contribution in [2.45, 2.75) is 32.6 Å². The molecule has 0 saturated carbocycles. The number of allylic oxidation sites excluding steroid dienone is 1. The lowest BCUT2D eigenvalue weighted by molar-refractivity contribution is 1.05. The second kappa shape index (κ2) is 12.5. The molecule has 0 atom stereocenters. The smallest absolute Gasteiger partial charge is 0.120 e. The number of anilines is 1. The van der Waals surface area contributed by atoms with Crippen molar-refractivity contribution in [3.05, 3.63) is 70.6 Å². The van der Waals surface area contributed by atoms with Gasteiger partial charge in [0.15, 0.2) is 0 Å². The van der Waals surface area contributed by atoms with Crippen LogP contribution in [0.3, 0.4) is 0 Å². The minimum Gasteiger partial charge on any atom is -0.334 e. The normalized spacial score (nSPS) is 14.4. The Kier molecular flexibility index (Phi) is 10.6. The Hall–Kier alpha value is -1.83. The maximum Gasteiger partial charge on any atom is 0.120 e. The van der Waals surface area contributed by atoms with Crippen LogP contribution in [-0.4, -0.2) is 12.3 Å². The van der Waals surface area contributed by atoms with Crippen LogP contribution < -0.4 is 4.90 Å². The van der Waals surface area contributed by atoms with Gasteiger partial charge in [0, 0.05) is 22.9 Å². The molecule has 4 heteroatoms. The van der Waals surface area contributed by atoms with Crippen LogP contribution in [0.4, 0.5) is 5.69 Å². The number of hydrogen-bond donors (Lipinski definition) is 0. The molecule has 3 rings (SSSR count). The molecule has 0 radical (unpaired) electrons. The SMILES string of the molecule is CC.CC.N#CC(Sc1ccccc1)=C1SCCN1c1ccccc1. The fourth-order valence-electron chi connectivity index (χ4n) is 2.18. The summed E-state index contributed by atoms with van der Waals surface area (Å²) in [5.74, 6) is 1.02. The third kappa shape index (κ3) is 6.19. The molecule has 2 aromatic carbocycles. The summed E-state index contributed by atoms with van der Waals surface area (Å²) >= 11 is 3.30. The molecule has 0 amide bonds. The van der Waals surface area contributed by atoms with Crippen LogP contribution in [0.15, 0.2) is 75.5 Å². The van der Waals surface area contributed by atoms with E-state index in [4.69, 9.17) is 0 Å². The summed E-state index contributed by atoms with van der Waals surface area (Å²) < 4.78 is 0. The van der Waals surface area contributed by atoms with Crippen molar-refractivity contribution >= 4 is 29.2 Å². The van der Waals surface area contributed by atoms with Crippen LogP contribution in [0.2, 0.25) is 0 Å². The van der Waals surface area contributed by atoms with Crippen molar-refractivity contribution in [1.29, 1.82) is 5.26 Å². The molecule has 25 heavy (non-hydrogen) atoms. The predicted molar refractivity (Wildman–Crippen MR) is 114 cm³/mol. The van der Waals surface area contributed by atoms with E-state index in [0.29, 0.717) is 0 Å². The van der Waals surface area contributed by atoms with Crippen LogP contribution in [0, 0.1) is 11.3 Å². The van der Waals surface area contributed by atoms with E-state index in [1.54, 1.807) is 23.5 Å². The van der Waals surface area contributed by atoms with E-state index < -0.39 is 0 Å². The summed E-state index contributed by atoms with van der Waals surface area (Å²) in [4.78, 5) is 4.11. The Morgan fingerprint density at radius 1 is 0.960 bits per heavy atom. The highest BCUT2D eigenvalue weighted by atomic mass is 32.2. The molecule has 0 aliphatic carbocycles. The topological polar surface area (TPSA) is 27.0 Å². The van der Waals surface area contributed by atoms with E-state index in [2.05, 4.69) is 23.1 Å². The highest BCUT2D eigenvalue weighted by molar-refractivity contribution is 8.07. The van der Waals surface area contributed by atoms with Gasteiger partial charge in [0.05, 0.1) is 0 Å². The first-order valence-electron chi connectivity index (χ1n) is 8.71. The minimum atomic E-state index is 0.771. The van der Waals surface area contributed by atoms with E-state index in [0.717, 1.165) is 32.8 Å². The molecular weight excluding hydrogens is 344 g/mol. The van der Waals surface area contributed by atoms with Gasteiger partial charge in [0.2, 0.25) is 0 Å². The third-order valence-corrected chi connectivity index (χ3v) is 5.34. The Labute approximate surface area is 160 Å². The van der Waals surface area contributed by atoms with Gasteiger partial charge in [-0.3, -0.25) is 0 Å². The van der Waals surface area contributed by atoms with Crippen LogP contribution in [0.5, 0.6) is 0 Å². The third-order valence-electron chi connectivity index (χ3n) is 3.13. The molecular formula is C21H26N2S2.